The maximum Gasteiger partial charge on any atom is 0.433 e. The van der Waals surface area contributed by atoms with Crippen LogP contribution in [0.4, 0.5) is 13.2 Å². The maximum atomic E-state index is 14.3. The van der Waals surface area contributed by atoms with Crippen LogP contribution in [-0.4, -0.2) is 89.5 Å². The Morgan fingerprint density at radius 2 is 1.60 bits per heavy atom. The van der Waals surface area contributed by atoms with Gasteiger partial charge in [-0.3, -0.25) is 9.69 Å². The molecule has 13 heteroatoms. The summed E-state index contributed by atoms with van der Waals surface area (Å²) in [4.78, 5) is 21.8. The number of aliphatic hydroxyl groups is 1. The van der Waals surface area contributed by atoms with E-state index in [1.807, 2.05) is 11.0 Å². The lowest BCUT2D eigenvalue weighted by atomic mass is 10.0. The summed E-state index contributed by atoms with van der Waals surface area (Å²) in [6.45, 7) is 8.57. The van der Waals surface area contributed by atoms with Crippen LogP contribution in [0.1, 0.15) is 33.2 Å². The summed E-state index contributed by atoms with van der Waals surface area (Å²) < 4.78 is 59.6. The Hall–Kier alpha value is -4.62. The van der Waals surface area contributed by atoms with Crippen LogP contribution in [0.15, 0.2) is 61.8 Å². The lowest BCUT2D eigenvalue weighted by molar-refractivity contribution is -0.143. The van der Waals surface area contributed by atoms with Gasteiger partial charge in [-0.2, -0.15) is 18.3 Å². The zero-order chi connectivity index (χ0) is 32.9. The zero-order valence-corrected chi connectivity index (χ0v) is 25.6. The minimum atomic E-state index is -4.74. The highest BCUT2D eigenvalue weighted by molar-refractivity contribution is 6.00. The average Bonchev–Trinajstić information content (AvgIpc) is 3.48. The molecule has 0 spiro atoms. The van der Waals surface area contributed by atoms with Crippen LogP contribution < -0.4 is 14.2 Å². The fourth-order valence-electron chi connectivity index (χ4n) is 5.50. The summed E-state index contributed by atoms with van der Waals surface area (Å²) in [7, 11) is 4.59. The number of nitrogens with zero attached hydrogens (tertiary/aromatic N) is 5. The summed E-state index contributed by atoms with van der Waals surface area (Å²) >= 11 is 0. The first-order chi connectivity index (χ1) is 21.6. The molecule has 0 radical (unpaired) electrons. The van der Waals surface area contributed by atoms with E-state index in [1.165, 1.54) is 14.0 Å². The first kappa shape index (κ1) is 33.3. The van der Waals surface area contributed by atoms with Gasteiger partial charge in [-0.25, -0.2) is 9.50 Å². The van der Waals surface area contributed by atoms with Crippen molar-refractivity contribution in [2.24, 2.45) is 0 Å². The molecule has 0 unspecified atom stereocenters. The quantitative estimate of drug-likeness (QED) is 0.271. The van der Waals surface area contributed by atoms with E-state index < -0.39 is 17.8 Å². The van der Waals surface area contributed by atoms with Crippen molar-refractivity contribution in [2.45, 2.75) is 19.1 Å². The minimum Gasteiger partial charge on any atom is -0.497 e. The molecule has 1 saturated heterocycles. The van der Waals surface area contributed by atoms with Crippen molar-refractivity contribution in [1.29, 1.82) is 0 Å². The molecule has 45 heavy (non-hydrogen) atoms. The van der Waals surface area contributed by atoms with Gasteiger partial charge >= 0.3 is 6.18 Å². The molecule has 0 saturated carbocycles. The number of carbonyl (C=O) groups is 1. The van der Waals surface area contributed by atoms with E-state index in [2.05, 4.69) is 23.2 Å². The number of piperazine rings is 1. The van der Waals surface area contributed by atoms with Gasteiger partial charge in [-0.15, -0.1) is 13.2 Å². The highest BCUT2D eigenvalue weighted by atomic mass is 19.4. The van der Waals surface area contributed by atoms with Crippen molar-refractivity contribution in [1.82, 2.24) is 24.4 Å². The number of hydrogen-bond acceptors (Lipinski definition) is 8. The van der Waals surface area contributed by atoms with Crippen LogP contribution in [0.5, 0.6) is 17.2 Å². The number of alkyl halides is 3. The summed E-state index contributed by atoms with van der Waals surface area (Å²) in [5.74, 6) is 1.26. The SMILES string of the molecule is C=C.COc1ccc(-c2nc3c(C(=O)N4CCN([C@H](CO)c5ccc(OC)cc5OC)CC4)cnn3c(C(F)(F)F)c2C)cc1. The molecule has 1 aliphatic heterocycles. The average molecular weight is 628 g/mol. The van der Waals surface area contributed by atoms with Gasteiger partial charge in [-0.1, -0.05) is 0 Å². The van der Waals surface area contributed by atoms with Gasteiger partial charge in [0.1, 0.15) is 22.8 Å². The Morgan fingerprint density at radius 3 is 2.16 bits per heavy atom. The Bertz CT molecular complexity index is 1630. The number of rotatable bonds is 8. The Kier molecular flexibility index (Phi) is 10.3. The second-order valence-electron chi connectivity index (χ2n) is 10.1. The predicted molar refractivity (Wildman–Crippen MR) is 163 cm³/mol. The fourth-order valence-corrected chi connectivity index (χ4v) is 5.50. The number of ether oxygens (including phenoxy) is 3. The van der Waals surface area contributed by atoms with Gasteiger partial charge in [0.2, 0.25) is 0 Å². The van der Waals surface area contributed by atoms with E-state index in [4.69, 9.17) is 14.2 Å². The van der Waals surface area contributed by atoms with E-state index in [1.54, 1.807) is 55.5 Å². The highest BCUT2D eigenvalue weighted by Gasteiger charge is 2.39. The van der Waals surface area contributed by atoms with Crippen molar-refractivity contribution in [3.63, 3.8) is 0 Å². The van der Waals surface area contributed by atoms with E-state index in [9.17, 15) is 23.1 Å². The van der Waals surface area contributed by atoms with Crippen molar-refractivity contribution in [2.75, 3.05) is 54.1 Å². The molecular weight excluding hydrogens is 591 g/mol. The molecule has 0 bridgehead atoms. The third kappa shape index (κ3) is 6.59. The molecule has 10 nitrogen and oxygen atoms in total. The maximum absolute atomic E-state index is 14.3. The molecule has 1 amide bonds. The van der Waals surface area contributed by atoms with Gasteiger partial charge in [0.15, 0.2) is 11.3 Å². The van der Waals surface area contributed by atoms with E-state index in [-0.39, 0.29) is 48.2 Å². The topological polar surface area (TPSA) is 102 Å². The van der Waals surface area contributed by atoms with Crippen molar-refractivity contribution in [3.8, 4) is 28.5 Å². The summed E-state index contributed by atoms with van der Waals surface area (Å²) in [6, 6.07) is 11.5. The molecule has 1 N–H and O–H groups in total. The van der Waals surface area contributed by atoms with Crippen molar-refractivity contribution >= 4 is 11.6 Å². The van der Waals surface area contributed by atoms with E-state index in [0.29, 0.717) is 40.4 Å². The van der Waals surface area contributed by atoms with Crippen LogP contribution in [0.2, 0.25) is 0 Å². The lowest BCUT2D eigenvalue weighted by Crippen LogP contribution is -2.50. The molecule has 240 valence electrons. The van der Waals surface area contributed by atoms with Crippen LogP contribution in [0.3, 0.4) is 0 Å². The van der Waals surface area contributed by atoms with Crippen molar-refractivity contribution in [3.05, 3.63) is 84.2 Å². The largest absolute Gasteiger partial charge is 0.497 e. The number of carbonyl (C=O) groups excluding carboxylic acids is 1. The van der Waals surface area contributed by atoms with Gasteiger partial charge in [0, 0.05) is 48.9 Å². The standard InChI is InChI=1S/C30H32F3N5O5.C2H4/c1-18-26(19-5-7-20(41-2)8-6-19)35-28-23(16-34-38(28)27(18)30(31,32)33)29(40)37-13-11-36(12-14-37)24(17-39)22-10-9-21(42-3)15-25(22)43-4;1-2/h5-10,15-16,24,39H,11-14,17H2,1-4H3;1-2H2/t24-;/m1./s1. The highest BCUT2D eigenvalue weighted by Crippen LogP contribution is 2.37. The minimum absolute atomic E-state index is 0.0238. The zero-order valence-electron chi connectivity index (χ0n) is 25.6. The normalized spacial score (nSPS) is 14.4. The Labute approximate surface area is 259 Å². The summed E-state index contributed by atoms with van der Waals surface area (Å²) in [5, 5.41) is 14.2. The number of amides is 1. The molecule has 4 aromatic rings. The third-order valence-electron chi connectivity index (χ3n) is 7.76. The van der Waals surface area contributed by atoms with Crippen LogP contribution in [-0.2, 0) is 6.18 Å². The molecule has 5 rings (SSSR count). The fraction of sp³-hybridized carbons (Fsp3) is 0.344. The predicted octanol–water partition coefficient (Wildman–Crippen LogP) is 5.04. The van der Waals surface area contributed by atoms with Crippen LogP contribution in [0.25, 0.3) is 16.9 Å². The molecule has 1 atom stereocenters. The van der Waals surface area contributed by atoms with Gasteiger partial charge in [-0.05, 0) is 43.3 Å². The molecule has 1 aliphatic rings. The van der Waals surface area contributed by atoms with Gasteiger partial charge in [0.05, 0.1) is 45.9 Å². The monoisotopic (exact) mass is 627 g/mol. The molecule has 3 heterocycles. The van der Waals surface area contributed by atoms with E-state index >= 15 is 0 Å². The number of aliphatic hydroxyl groups excluding tert-OH is 1. The summed E-state index contributed by atoms with van der Waals surface area (Å²) in [6.07, 6.45) is -3.60. The van der Waals surface area contributed by atoms with Crippen LogP contribution >= 0.6 is 0 Å². The molecule has 2 aromatic heterocycles. The lowest BCUT2D eigenvalue weighted by Gasteiger charge is -2.39. The number of hydrogen-bond donors (Lipinski definition) is 1. The molecule has 0 aliphatic carbocycles. The van der Waals surface area contributed by atoms with E-state index in [0.717, 1.165) is 11.8 Å². The second-order valence-corrected chi connectivity index (χ2v) is 10.1. The Morgan fingerprint density at radius 1 is 0.978 bits per heavy atom. The first-order valence-electron chi connectivity index (χ1n) is 14.1. The first-order valence-corrected chi connectivity index (χ1v) is 14.1. The number of methoxy groups -OCH3 is 3. The van der Waals surface area contributed by atoms with Gasteiger partial charge < -0.3 is 24.2 Å². The smallest absolute Gasteiger partial charge is 0.433 e. The summed E-state index contributed by atoms with van der Waals surface area (Å²) in [5.41, 5.74) is 0.0241. The number of halogens is 3. The molecular formula is C32H36F3N5O5. The van der Waals surface area contributed by atoms with Crippen molar-refractivity contribution < 1.29 is 37.3 Å². The second kappa shape index (κ2) is 14.0. The van der Waals surface area contributed by atoms with Crippen LogP contribution in [0, 0.1) is 6.92 Å². The van der Waals surface area contributed by atoms with Gasteiger partial charge in [0.25, 0.3) is 5.91 Å². The number of fused-ring (bicyclic) bond motifs is 1. The third-order valence-corrected chi connectivity index (χ3v) is 7.76. The Balaban J connectivity index is 0.00000226. The molecule has 2 aromatic carbocycles. The number of benzene rings is 2. The number of aromatic nitrogens is 3. The molecule has 1 fully saturated rings.